The summed E-state index contributed by atoms with van der Waals surface area (Å²) >= 11 is 3.25. The molecule has 1 N–H and O–H groups in total. The lowest BCUT2D eigenvalue weighted by Crippen LogP contribution is -2.25. The molecule has 2 aromatic heterocycles. The van der Waals surface area contributed by atoms with E-state index in [1.165, 1.54) is 5.56 Å². The van der Waals surface area contributed by atoms with Crippen LogP contribution in [-0.2, 0) is 0 Å². The number of aliphatic imine (C=N–C) groups is 1. The van der Waals surface area contributed by atoms with E-state index in [9.17, 15) is 0 Å². The largest absolute Gasteiger partial charge is 0.255 e. The Labute approximate surface area is 189 Å². The Morgan fingerprint density at radius 2 is 1.77 bits per heavy atom. The normalized spacial score (nSPS) is 15.3. The number of aromatic nitrogens is 2. The SMILES string of the molecule is CC(C)c1ccc(-c2csc3ncnc(/N=C4/NN=C(c5ccccc5)CS4)c23)cc1. The van der Waals surface area contributed by atoms with E-state index >= 15 is 0 Å². The average molecular weight is 444 g/mol. The van der Waals surface area contributed by atoms with Gasteiger partial charge in [0.25, 0.3) is 0 Å². The number of hydrazone groups is 1. The number of nitrogens with zero attached hydrogens (tertiary/aromatic N) is 4. The van der Waals surface area contributed by atoms with Gasteiger partial charge in [-0.2, -0.15) is 5.10 Å². The van der Waals surface area contributed by atoms with Crippen molar-refractivity contribution in [3.8, 4) is 11.1 Å². The molecule has 154 valence electrons. The second kappa shape index (κ2) is 8.61. The van der Waals surface area contributed by atoms with E-state index in [4.69, 9.17) is 4.99 Å². The van der Waals surface area contributed by atoms with Crippen LogP contribution in [0.15, 0.2) is 76.4 Å². The second-order valence-electron chi connectivity index (χ2n) is 7.55. The van der Waals surface area contributed by atoms with Gasteiger partial charge in [0.1, 0.15) is 11.2 Å². The highest BCUT2D eigenvalue weighted by Gasteiger charge is 2.17. The molecule has 0 fully saturated rings. The fourth-order valence-corrected chi connectivity index (χ4v) is 5.13. The third-order valence-electron chi connectivity index (χ3n) is 5.19. The third kappa shape index (κ3) is 4.11. The average Bonchev–Trinajstić information content (AvgIpc) is 3.25. The van der Waals surface area contributed by atoms with E-state index in [-0.39, 0.29) is 0 Å². The first-order valence-electron chi connectivity index (χ1n) is 10.1. The molecule has 1 aliphatic heterocycles. The molecule has 7 heteroatoms. The highest BCUT2D eigenvalue weighted by atomic mass is 32.2. The number of benzene rings is 2. The Morgan fingerprint density at radius 3 is 2.48 bits per heavy atom. The molecule has 0 radical (unpaired) electrons. The minimum absolute atomic E-state index is 0.509. The molecule has 0 aliphatic carbocycles. The molecule has 2 aromatic carbocycles. The lowest BCUT2D eigenvalue weighted by molar-refractivity contribution is 0.867. The van der Waals surface area contributed by atoms with Crippen LogP contribution in [0, 0.1) is 0 Å². The van der Waals surface area contributed by atoms with Crippen molar-refractivity contribution in [1.82, 2.24) is 15.4 Å². The van der Waals surface area contributed by atoms with Crippen molar-refractivity contribution < 1.29 is 0 Å². The fourth-order valence-electron chi connectivity index (χ4n) is 3.45. The van der Waals surface area contributed by atoms with Crippen LogP contribution < -0.4 is 5.43 Å². The van der Waals surface area contributed by atoms with Crippen LogP contribution in [0.4, 0.5) is 5.82 Å². The Morgan fingerprint density at radius 1 is 0.968 bits per heavy atom. The highest BCUT2D eigenvalue weighted by molar-refractivity contribution is 8.14. The molecule has 0 unspecified atom stereocenters. The van der Waals surface area contributed by atoms with E-state index in [1.54, 1.807) is 29.4 Å². The summed E-state index contributed by atoms with van der Waals surface area (Å²) in [6.45, 7) is 4.41. The lowest BCUT2D eigenvalue weighted by Gasteiger charge is -2.14. The molecule has 3 heterocycles. The molecule has 0 amide bonds. The minimum atomic E-state index is 0.509. The number of thioether (sulfide) groups is 1. The van der Waals surface area contributed by atoms with Crippen molar-refractivity contribution in [2.75, 3.05) is 5.75 Å². The molecule has 0 spiro atoms. The van der Waals surface area contributed by atoms with Crippen molar-refractivity contribution in [2.45, 2.75) is 19.8 Å². The van der Waals surface area contributed by atoms with Crippen molar-refractivity contribution in [3.63, 3.8) is 0 Å². The van der Waals surface area contributed by atoms with E-state index in [2.05, 4.69) is 76.1 Å². The fraction of sp³-hybridized carbons (Fsp3) is 0.167. The maximum absolute atomic E-state index is 4.80. The Kier molecular flexibility index (Phi) is 5.53. The predicted octanol–water partition coefficient (Wildman–Crippen LogP) is 6.21. The summed E-state index contributed by atoms with van der Waals surface area (Å²) in [5, 5.41) is 8.39. The molecule has 0 saturated carbocycles. The predicted molar refractivity (Wildman–Crippen MR) is 133 cm³/mol. The summed E-state index contributed by atoms with van der Waals surface area (Å²) in [5.41, 5.74) is 8.83. The first-order valence-corrected chi connectivity index (χ1v) is 12.0. The number of thiophene rings is 1. The molecule has 0 bridgehead atoms. The van der Waals surface area contributed by atoms with Gasteiger partial charge >= 0.3 is 0 Å². The summed E-state index contributed by atoms with van der Waals surface area (Å²) in [4.78, 5) is 14.7. The van der Waals surface area contributed by atoms with Gasteiger partial charge in [-0.1, -0.05) is 80.2 Å². The zero-order valence-electron chi connectivity index (χ0n) is 17.2. The van der Waals surface area contributed by atoms with Gasteiger partial charge < -0.3 is 0 Å². The van der Waals surface area contributed by atoms with Crippen molar-refractivity contribution in [1.29, 1.82) is 0 Å². The van der Waals surface area contributed by atoms with Gasteiger partial charge in [-0.25, -0.2) is 15.0 Å². The molecular formula is C24H21N5S2. The van der Waals surface area contributed by atoms with E-state index < -0.39 is 0 Å². The molecular weight excluding hydrogens is 422 g/mol. The van der Waals surface area contributed by atoms with Crippen LogP contribution in [0.3, 0.4) is 0 Å². The summed E-state index contributed by atoms with van der Waals surface area (Å²) in [5.74, 6) is 1.94. The Bertz CT molecular complexity index is 1270. The zero-order valence-corrected chi connectivity index (χ0v) is 18.9. The van der Waals surface area contributed by atoms with Gasteiger partial charge in [-0.15, -0.1) is 11.3 Å². The van der Waals surface area contributed by atoms with Crippen molar-refractivity contribution in [2.24, 2.45) is 10.1 Å². The number of rotatable bonds is 4. The van der Waals surface area contributed by atoms with Gasteiger partial charge in [-0.3, -0.25) is 5.43 Å². The van der Waals surface area contributed by atoms with Crippen LogP contribution in [0.25, 0.3) is 21.3 Å². The molecule has 0 saturated heterocycles. The van der Waals surface area contributed by atoms with Crippen LogP contribution >= 0.6 is 23.1 Å². The Hall–Kier alpha value is -3.03. The first-order chi connectivity index (χ1) is 15.2. The number of hydrogen-bond donors (Lipinski definition) is 1. The Balaban J connectivity index is 1.48. The molecule has 4 aromatic rings. The zero-order chi connectivity index (χ0) is 21.2. The number of nitrogens with one attached hydrogen (secondary N) is 1. The molecule has 5 nitrogen and oxygen atoms in total. The van der Waals surface area contributed by atoms with Gasteiger partial charge in [0.05, 0.1) is 11.1 Å². The van der Waals surface area contributed by atoms with Gasteiger partial charge in [-0.05, 0) is 22.6 Å². The topological polar surface area (TPSA) is 62.5 Å². The van der Waals surface area contributed by atoms with Crippen molar-refractivity contribution in [3.05, 3.63) is 77.4 Å². The van der Waals surface area contributed by atoms with E-state index in [0.717, 1.165) is 43.5 Å². The highest BCUT2D eigenvalue weighted by Crippen LogP contribution is 2.38. The maximum atomic E-state index is 4.80. The summed E-state index contributed by atoms with van der Waals surface area (Å²) in [6, 6.07) is 18.9. The molecule has 0 atom stereocenters. The van der Waals surface area contributed by atoms with Gasteiger partial charge in [0, 0.05) is 16.7 Å². The van der Waals surface area contributed by atoms with E-state index in [0.29, 0.717) is 11.7 Å². The smallest absolute Gasteiger partial charge is 0.184 e. The van der Waals surface area contributed by atoms with Crippen LogP contribution in [0.2, 0.25) is 0 Å². The number of fused-ring (bicyclic) bond motifs is 1. The van der Waals surface area contributed by atoms with Gasteiger partial charge in [0.15, 0.2) is 11.0 Å². The molecule has 1 aliphatic rings. The van der Waals surface area contributed by atoms with E-state index in [1.807, 2.05) is 18.2 Å². The van der Waals surface area contributed by atoms with Crippen molar-refractivity contribution >= 4 is 50.0 Å². The maximum Gasteiger partial charge on any atom is 0.184 e. The van der Waals surface area contributed by atoms with Crippen LogP contribution in [0.1, 0.15) is 30.9 Å². The standard InChI is InChI=1S/C24H21N5S2/c1-15(2)16-8-10-17(11-9-16)19-12-30-23-21(19)22(25-14-26-23)27-24-29-28-20(13-31-24)18-6-4-3-5-7-18/h3-12,14-15H,13H2,1-2H3,(H,25,26,27,29). The van der Waals surface area contributed by atoms with Crippen LogP contribution in [-0.4, -0.2) is 26.6 Å². The third-order valence-corrected chi connectivity index (χ3v) is 6.95. The minimum Gasteiger partial charge on any atom is -0.255 e. The summed E-state index contributed by atoms with van der Waals surface area (Å²) < 4.78 is 0. The second-order valence-corrected chi connectivity index (χ2v) is 9.37. The lowest BCUT2D eigenvalue weighted by atomic mass is 9.99. The molecule has 31 heavy (non-hydrogen) atoms. The van der Waals surface area contributed by atoms with Crippen LogP contribution in [0.5, 0.6) is 0 Å². The summed E-state index contributed by atoms with van der Waals surface area (Å²) in [7, 11) is 0. The quantitative estimate of drug-likeness (QED) is 0.407. The number of hydrogen-bond acceptors (Lipinski definition) is 6. The van der Waals surface area contributed by atoms with Gasteiger partial charge in [0.2, 0.25) is 0 Å². The first kappa shape index (κ1) is 19.9. The number of amidine groups is 1. The summed E-state index contributed by atoms with van der Waals surface area (Å²) in [6.07, 6.45) is 1.58. The monoisotopic (exact) mass is 443 g/mol. The molecule has 5 rings (SSSR count).